The number of benzene rings is 3. The molecule has 1 aromatic heterocycles. The van der Waals surface area contributed by atoms with E-state index >= 15 is 0 Å². The topological polar surface area (TPSA) is 66.3 Å². The number of halogens is 4. The predicted molar refractivity (Wildman–Crippen MR) is 132 cm³/mol. The van der Waals surface area contributed by atoms with E-state index in [0.29, 0.717) is 29.7 Å². The molecule has 35 heavy (non-hydrogen) atoms. The number of carboxylic acid groups (broad SMARTS) is 1. The van der Waals surface area contributed by atoms with Crippen LogP contribution in [0.4, 0.5) is 19.0 Å². The summed E-state index contributed by atoms with van der Waals surface area (Å²) in [7, 11) is 0. The number of para-hydroxylation sites is 1. The highest BCUT2D eigenvalue weighted by atomic mass is 79.9. The maximum absolute atomic E-state index is 13.3. The van der Waals surface area contributed by atoms with Crippen LogP contribution in [0, 0.1) is 0 Å². The van der Waals surface area contributed by atoms with Crippen molar-refractivity contribution in [2.45, 2.75) is 19.0 Å². The number of aromatic nitrogens is 2. The van der Waals surface area contributed by atoms with Crippen LogP contribution in [0.3, 0.4) is 0 Å². The zero-order valence-corrected chi connectivity index (χ0v) is 20.1. The number of alkyl halides is 3. The Bertz CT molecular complexity index is 1340. The summed E-state index contributed by atoms with van der Waals surface area (Å²) in [6.07, 6.45) is -3.98. The van der Waals surface area contributed by atoms with Crippen molar-refractivity contribution >= 4 is 38.6 Å². The van der Waals surface area contributed by atoms with E-state index < -0.39 is 17.7 Å². The highest BCUT2D eigenvalue weighted by Crippen LogP contribution is 2.33. The summed E-state index contributed by atoms with van der Waals surface area (Å²) in [5, 5.41) is 10.0. The lowest BCUT2D eigenvalue weighted by Crippen LogP contribution is -2.29. The fraction of sp³-hybridized carbons (Fsp3) is 0.192. The van der Waals surface area contributed by atoms with Crippen molar-refractivity contribution in [2.75, 3.05) is 18.0 Å². The number of carboxylic acids is 1. The number of rotatable bonds is 8. The molecule has 0 aliphatic rings. The molecule has 0 saturated carbocycles. The molecule has 0 unspecified atom stereocenters. The Hall–Kier alpha value is -3.46. The molecule has 3 aromatic carbocycles. The standard InChI is InChI=1S/C26H21BrF3N3O2/c27-20-10-8-17(9-11-20)12-14-33(15-13-23(34)35)25-21-6-1-2-7-22(21)31-24(32-25)18-4-3-5-19(16-18)26(28,29)30/h1-11,16H,12-15H2,(H,34,35). The first kappa shape index (κ1) is 24.7. The second-order valence-electron chi connectivity index (χ2n) is 7.97. The van der Waals surface area contributed by atoms with E-state index in [9.17, 15) is 23.1 Å². The maximum atomic E-state index is 13.3. The Morgan fingerprint density at radius 1 is 0.943 bits per heavy atom. The monoisotopic (exact) mass is 543 g/mol. The third kappa shape index (κ3) is 6.16. The Balaban J connectivity index is 1.77. The van der Waals surface area contributed by atoms with E-state index in [1.54, 1.807) is 12.1 Å². The summed E-state index contributed by atoms with van der Waals surface area (Å²) >= 11 is 3.41. The Morgan fingerprint density at radius 3 is 2.40 bits per heavy atom. The number of nitrogens with zero attached hydrogens (tertiary/aromatic N) is 3. The van der Waals surface area contributed by atoms with Gasteiger partial charge in [-0.15, -0.1) is 0 Å². The predicted octanol–water partition coefficient (Wildman–Crippen LogP) is 6.60. The summed E-state index contributed by atoms with van der Waals surface area (Å²) in [6.45, 7) is 0.660. The molecule has 0 fully saturated rings. The Labute approximate surface area is 208 Å². The molecule has 0 spiro atoms. The molecule has 0 aliphatic heterocycles. The lowest BCUT2D eigenvalue weighted by molar-refractivity contribution is -0.138. The third-order valence-corrected chi connectivity index (χ3v) is 6.04. The fourth-order valence-electron chi connectivity index (χ4n) is 3.73. The van der Waals surface area contributed by atoms with Gasteiger partial charge in [-0.2, -0.15) is 13.2 Å². The molecule has 4 aromatic rings. The van der Waals surface area contributed by atoms with Crippen LogP contribution < -0.4 is 4.90 Å². The van der Waals surface area contributed by atoms with Crippen LogP contribution in [-0.4, -0.2) is 34.1 Å². The molecule has 0 radical (unpaired) electrons. The van der Waals surface area contributed by atoms with Gasteiger partial charge in [-0.3, -0.25) is 4.79 Å². The molecule has 1 heterocycles. The van der Waals surface area contributed by atoms with Gasteiger partial charge in [-0.1, -0.05) is 52.3 Å². The van der Waals surface area contributed by atoms with Gasteiger partial charge in [0.1, 0.15) is 5.82 Å². The minimum atomic E-state index is -4.49. The first-order valence-electron chi connectivity index (χ1n) is 10.9. The van der Waals surface area contributed by atoms with Gasteiger partial charge in [-0.25, -0.2) is 9.97 Å². The van der Waals surface area contributed by atoms with E-state index in [2.05, 4.69) is 25.9 Å². The van der Waals surface area contributed by atoms with E-state index in [-0.39, 0.29) is 24.4 Å². The zero-order chi connectivity index (χ0) is 25.0. The van der Waals surface area contributed by atoms with Crippen molar-refractivity contribution in [3.8, 4) is 11.4 Å². The van der Waals surface area contributed by atoms with E-state index in [0.717, 1.165) is 22.2 Å². The summed E-state index contributed by atoms with van der Waals surface area (Å²) < 4.78 is 40.9. The molecule has 5 nitrogen and oxygen atoms in total. The van der Waals surface area contributed by atoms with Crippen LogP contribution in [0.15, 0.2) is 77.3 Å². The van der Waals surface area contributed by atoms with Crippen molar-refractivity contribution in [2.24, 2.45) is 0 Å². The number of hydrogen-bond acceptors (Lipinski definition) is 4. The number of aliphatic carboxylic acids is 1. The molecule has 0 atom stereocenters. The van der Waals surface area contributed by atoms with Crippen LogP contribution in [0.5, 0.6) is 0 Å². The van der Waals surface area contributed by atoms with Gasteiger partial charge >= 0.3 is 12.1 Å². The van der Waals surface area contributed by atoms with Crippen LogP contribution in [0.2, 0.25) is 0 Å². The molecule has 0 aliphatic carbocycles. The van der Waals surface area contributed by atoms with Crippen LogP contribution >= 0.6 is 15.9 Å². The highest BCUT2D eigenvalue weighted by Gasteiger charge is 2.30. The van der Waals surface area contributed by atoms with Gasteiger partial charge in [0.05, 0.1) is 17.5 Å². The quantitative estimate of drug-likeness (QED) is 0.271. The zero-order valence-electron chi connectivity index (χ0n) is 18.5. The van der Waals surface area contributed by atoms with Crippen molar-refractivity contribution in [3.63, 3.8) is 0 Å². The minimum Gasteiger partial charge on any atom is -0.481 e. The number of anilines is 1. The molecule has 0 saturated heterocycles. The Kier molecular flexibility index (Phi) is 7.35. The van der Waals surface area contributed by atoms with Gasteiger partial charge in [0.25, 0.3) is 0 Å². The summed E-state index contributed by atoms with van der Waals surface area (Å²) in [5.41, 5.74) is 1.07. The average molecular weight is 544 g/mol. The fourth-order valence-corrected chi connectivity index (χ4v) is 4.00. The van der Waals surface area contributed by atoms with E-state index in [1.165, 1.54) is 12.1 Å². The normalized spacial score (nSPS) is 11.5. The SMILES string of the molecule is O=C(O)CCN(CCc1ccc(Br)cc1)c1nc(-c2cccc(C(F)(F)F)c2)nc2ccccc12. The van der Waals surface area contributed by atoms with Gasteiger partial charge in [0.15, 0.2) is 5.82 Å². The van der Waals surface area contributed by atoms with Gasteiger partial charge in [0.2, 0.25) is 0 Å². The molecular formula is C26H21BrF3N3O2. The van der Waals surface area contributed by atoms with E-state index in [4.69, 9.17) is 0 Å². The van der Waals surface area contributed by atoms with Gasteiger partial charge in [0, 0.05) is 28.5 Å². The maximum Gasteiger partial charge on any atom is 0.416 e. The molecule has 180 valence electrons. The second-order valence-corrected chi connectivity index (χ2v) is 8.89. The molecule has 4 rings (SSSR count). The average Bonchev–Trinajstić information content (AvgIpc) is 2.84. The molecule has 9 heteroatoms. The molecule has 0 bridgehead atoms. The van der Waals surface area contributed by atoms with Gasteiger partial charge < -0.3 is 10.0 Å². The number of carbonyl (C=O) groups is 1. The first-order chi connectivity index (χ1) is 16.7. The summed E-state index contributed by atoms with van der Waals surface area (Å²) in [6, 6.07) is 19.9. The Morgan fingerprint density at radius 2 is 1.69 bits per heavy atom. The lowest BCUT2D eigenvalue weighted by atomic mass is 10.1. The van der Waals surface area contributed by atoms with Crippen LogP contribution in [0.25, 0.3) is 22.3 Å². The number of hydrogen-bond donors (Lipinski definition) is 1. The van der Waals surface area contributed by atoms with Crippen molar-refractivity contribution in [1.29, 1.82) is 0 Å². The van der Waals surface area contributed by atoms with Crippen molar-refractivity contribution < 1.29 is 23.1 Å². The first-order valence-corrected chi connectivity index (χ1v) is 11.7. The van der Waals surface area contributed by atoms with Crippen molar-refractivity contribution in [3.05, 3.63) is 88.4 Å². The molecule has 0 amide bonds. The van der Waals surface area contributed by atoms with Crippen LogP contribution in [-0.2, 0) is 17.4 Å². The number of fused-ring (bicyclic) bond motifs is 1. The molecule has 1 N–H and O–H groups in total. The highest BCUT2D eigenvalue weighted by molar-refractivity contribution is 9.10. The molecular weight excluding hydrogens is 523 g/mol. The van der Waals surface area contributed by atoms with Crippen molar-refractivity contribution in [1.82, 2.24) is 9.97 Å². The van der Waals surface area contributed by atoms with Gasteiger partial charge in [-0.05, 0) is 48.4 Å². The van der Waals surface area contributed by atoms with Crippen LogP contribution in [0.1, 0.15) is 17.5 Å². The summed E-state index contributed by atoms with van der Waals surface area (Å²) in [5.74, 6) is -0.315. The van der Waals surface area contributed by atoms with E-state index in [1.807, 2.05) is 41.3 Å². The lowest BCUT2D eigenvalue weighted by Gasteiger charge is -2.25. The third-order valence-electron chi connectivity index (χ3n) is 5.51. The minimum absolute atomic E-state index is 0.114. The second kappa shape index (κ2) is 10.4. The smallest absolute Gasteiger partial charge is 0.416 e. The largest absolute Gasteiger partial charge is 0.481 e. The summed E-state index contributed by atoms with van der Waals surface area (Å²) in [4.78, 5) is 22.4.